The van der Waals surface area contributed by atoms with Crippen LogP contribution in [0.15, 0.2) is 33.8 Å². The first kappa shape index (κ1) is 16.7. The predicted octanol–water partition coefficient (Wildman–Crippen LogP) is 2.84. The van der Waals surface area contributed by atoms with Crippen molar-refractivity contribution in [3.63, 3.8) is 0 Å². The Bertz CT molecular complexity index is 742. The molecule has 0 aliphatic carbocycles. The lowest BCUT2D eigenvalue weighted by atomic mass is 9.90. The summed E-state index contributed by atoms with van der Waals surface area (Å²) < 4.78 is 4.61. The van der Waals surface area contributed by atoms with Crippen LogP contribution in [0.25, 0.3) is 0 Å². The van der Waals surface area contributed by atoms with E-state index in [2.05, 4.69) is 14.9 Å². The standard InChI is InChI=1S/C17H19N3O3S/c1-11-15(19-23-18-11)17(22)20-9-3-4-13(10-20)16(21)12-5-7-14(24-2)8-6-12/h5-8,13H,3-4,9-10H2,1-2H3/t13-/m1/s1. The molecule has 1 aliphatic rings. The van der Waals surface area contributed by atoms with E-state index >= 15 is 0 Å². The number of piperidine rings is 1. The fourth-order valence-corrected chi connectivity index (χ4v) is 3.35. The van der Waals surface area contributed by atoms with Crippen molar-refractivity contribution in [2.75, 3.05) is 19.3 Å². The van der Waals surface area contributed by atoms with Gasteiger partial charge in [-0.1, -0.05) is 17.3 Å². The van der Waals surface area contributed by atoms with E-state index in [0.717, 1.165) is 17.7 Å². The van der Waals surface area contributed by atoms with Crippen molar-refractivity contribution in [1.29, 1.82) is 0 Å². The molecule has 2 heterocycles. The van der Waals surface area contributed by atoms with E-state index in [1.807, 2.05) is 30.5 Å². The Morgan fingerprint density at radius 1 is 1.25 bits per heavy atom. The van der Waals surface area contributed by atoms with Crippen LogP contribution < -0.4 is 0 Å². The molecule has 7 heteroatoms. The highest BCUT2D eigenvalue weighted by Crippen LogP contribution is 2.24. The zero-order valence-corrected chi connectivity index (χ0v) is 14.5. The number of ketones is 1. The zero-order valence-electron chi connectivity index (χ0n) is 13.7. The number of thioether (sulfide) groups is 1. The van der Waals surface area contributed by atoms with Gasteiger partial charge in [0, 0.05) is 29.5 Å². The fourth-order valence-electron chi connectivity index (χ4n) is 2.94. The summed E-state index contributed by atoms with van der Waals surface area (Å²) in [6.45, 7) is 2.72. The van der Waals surface area contributed by atoms with Gasteiger partial charge in [-0.25, -0.2) is 4.63 Å². The molecular weight excluding hydrogens is 326 g/mol. The van der Waals surface area contributed by atoms with Gasteiger partial charge in [0.15, 0.2) is 11.5 Å². The Hall–Kier alpha value is -2.15. The Balaban J connectivity index is 1.71. The molecule has 2 aromatic rings. The summed E-state index contributed by atoms with van der Waals surface area (Å²) in [7, 11) is 0. The number of rotatable bonds is 4. The number of carbonyl (C=O) groups is 2. The maximum absolute atomic E-state index is 12.7. The van der Waals surface area contributed by atoms with Gasteiger partial charge in [-0.05, 0) is 43.3 Å². The normalized spacial score (nSPS) is 17.8. The van der Waals surface area contributed by atoms with Gasteiger partial charge in [-0.3, -0.25) is 9.59 Å². The van der Waals surface area contributed by atoms with Gasteiger partial charge in [0.1, 0.15) is 5.69 Å². The average Bonchev–Trinajstić information content (AvgIpc) is 3.06. The first-order valence-electron chi connectivity index (χ1n) is 7.87. The SMILES string of the molecule is CSc1ccc(C(=O)[C@@H]2CCCN(C(=O)c3nonc3C)C2)cc1. The number of likely N-dealkylation sites (tertiary alicyclic amines) is 1. The van der Waals surface area contributed by atoms with Crippen LogP contribution in [0.2, 0.25) is 0 Å². The summed E-state index contributed by atoms with van der Waals surface area (Å²) in [6, 6.07) is 7.63. The summed E-state index contributed by atoms with van der Waals surface area (Å²) in [6.07, 6.45) is 3.60. The van der Waals surface area contributed by atoms with E-state index in [1.54, 1.807) is 23.6 Å². The number of nitrogens with zero attached hydrogens (tertiary/aromatic N) is 3. The fraction of sp³-hybridized carbons (Fsp3) is 0.412. The lowest BCUT2D eigenvalue weighted by molar-refractivity contribution is 0.0627. The van der Waals surface area contributed by atoms with Crippen LogP contribution in [-0.2, 0) is 0 Å². The molecule has 6 nitrogen and oxygen atoms in total. The maximum atomic E-state index is 12.7. The number of carbonyl (C=O) groups excluding carboxylic acids is 2. The third-order valence-corrected chi connectivity index (χ3v) is 5.05. The van der Waals surface area contributed by atoms with Crippen molar-refractivity contribution in [1.82, 2.24) is 15.2 Å². The van der Waals surface area contributed by atoms with Crippen molar-refractivity contribution in [2.24, 2.45) is 5.92 Å². The van der Waals surface area contributed by atoms with Crippen LogP contribution in [0.5, 0.6) is 0 Å². The minimum Gasteiger partial charge on any atom is -0.336 e. The molecule has 0 unspecified atom stereocenters. The molecule has 126 valence electrons. The van der Waals surface area contributed by atoms with Gasteiger partial charge in [-0.2, -0.15) is 0 Å². The highest BCUT2D eigenvalue weighted by atomic mass is 32.2. The van der Waals surface area contributed by atoms with Crippen molar-refractivity contribution < 1.29 is 14.2 Å². The van der Waals surface area contributed by atoms with Crippen molar-refractivity contribution in [3.05, 3.63) is 41.2 Å². The maximum Gasteiger partial charge on any atom is 0.278 e. The molecule has 1 aromatic heterocycles. The van der Waals surface area contributed by atoms with E-state index in [1.165, 1.54) is 0 Å². The molecule has 0 bridgehead atoms. The van der Waals surface area contributed by atoms with Crippen molar-refractivity contribution >= 4 is 23.5 Å². The van der Waals surface area contributed by atoms with Gasteiger partial charge in [0.25, 0.3) is 5.91 Å². The summed E-state index contributed by atoms with van der Waals surface area (Å²) in [5.74, 6) is -0.304. The van der Waals surface area contributed by atoms with Crippen LogP contribution >= 0.6 is 11.8 Å². The predicted molar refractivity (Wildman–Crippen MR) is 90.2 cm³/mol. The van der Waals surface area contributed by atoms with E-state index in [-0.39, 0.29) is 23.3 Å². The Labute approximate surface area is 144 Å². The molecule has 0 spiro atoms. The van der Waals surface area contributed by atoms with Crippen LogP contribution in [0.1, 0.15) is 39.4 Å². The minimum absolute atomic E-state index is 0.0927. The second-order valence-corrected chi connectivity index (χ2v) is 6.76. The second-order valence-electron chi connectivity index (χ2n) is 5.88. The van der Waals surface area contributed by atoms with E-state index in [0.29, 0.717) is 24.3 Å². The zero-order chi connectivity index (χ0) is 17.1. The number of amides is 1. The smallest absolute Gasteiger partial charge is 0.278 e. The molecule has 0 N–H and O–H groups in total. The molecule has 1 amide bonds. The first-order valence-corrected chi connectivity index (χ1v) is 9.09. The first-order chi connectivity index (χ1) is 11.6. The average molecular weight is 345 g/mol. The van der Waals surface area contributed by atoms with Crippen molar-refractivity contribution in [3.8, 4) is 0 Å². The molecule has 1 fully saturated rings. The van der Waals surface area contributed by atoms with E-state index in [4.69, 9.17) is 0 Å². The van der Waals surface area contributed by atoms with Crippen LogP contribution in [-0.4, -0.2) is 46.2 Å². The number of hydrogen-bond acceptors (Lipinski definition) is 6. The quantitative estimate of drug-likeness (QED) is 0.626. The number of Topliss-reactive ketones (excluding diaryl/α,β-unsaturated/α-hetero) is 1. The molecular formula is C17H19N3O3S. The number of benzene rings is 1. The molecule has 0 saturated carbocycles. The number of aryl methyl sites for hydroxylation is 1. The van der Waals surface area contributed by atoms with Crippen LogP contribution in [0.4, 0.5) is 0 Å². The summed E-state index contributed by atoms with van der Waals surface area (Å²) in [5, 5.41) is 7.32. The Morgan fingerprint density at radius 2 is 2.00 bits per heavy atom. The Kier molecular flexibility index (Phi) is 4.99. The largest absolute Gasteiger partial charge is 0.336 e. The van der Waals surface area contributed by atoms with Gasteiger partial charge in [0.2, 0.25) is 0 Å². The summed E-state index contributed by atoms with van der Waals surface area (Å²) in [5.41, 5.74) is 1.40. The lowest BCUT2D eigenvalue weighted by Crippen LogP contribution is -2.42. The molecule has 1 aromatic carbocycles. The monoisotopic (exact) mass is 345 g/mol. The molecule has 1 aliphatic heterocycles. The van der Waals surface area contributed by atoms with E-state index in [9.17, 15) is 9.59 Å². The van der Waals surface area contributed by atoms with Crippen LogP contribution in [0.3, 0.4) is 0 Å². The highest BCUT2D eigenvalue weighted by molar-refractivity contribution is 7.98. The topological polar surface area (TPSA) is 76.3 Å². The van der Waals surface area contributed by atoms with Gasteiger partial charge < -0.3 is 4.90 Å². The minimum atomic E-state index is -0.219. The molecule has 1 atom stereocenters. The number of aromatic nitrogens is 2. The van der Waals surface area contributed by atoms with Crippen LogP contribution in [0, 0.1) is 12.8 Å². The van der Waals surface area contributed by atoms with Gasteiger partial charge >= 0.3 is 0 Å². The van der Waals surface area contributed by atoms with Gasteiger partial charge in [-0.15, -0.1) is 11.8 Å². The Morgan fingerprint density at radius 3 is 2.62 bits per heavy atom. The summed E-state index contributed by atoms with van der Waals surface area (Å²) in [4.78, 5) is 28.1. The third kappa shape index (κ3) is 3.36. The molecule has 24 heavy (non-hydrogen) atoms. The molecule has 1 saturated heterocycles. The second kappa shape index (κ2) is 7.17. The van der Waals surface area contributed by atoms with E-state index < -0.39 is 0 Å². The number of hydrogen-bond donors (Lipinski definition) is 0. The summed E-state index contributed by atoms with van der Waals surface area (Å²) >= 11 is 1.64. The van der Waals surface area contributed by atoms with Gasteiger partial charge in [0.05, 0.1) is 0 Å². The van der Waals surface area contributed by atoms with Crippen molar-refractivity contribution in [2.45, 2.75) is 24.7 Å². The third-order valence-electron chi connectivity index (χ3n) is 4.31. The molecule has 3 rings (SSSR count). The molecule has 0 radical (unpaired) electrons. The lowest BCUT2D eigenvalue weighted by Gasteiger charge is -2.31. The highest BCUT2D eigenvalue weighted by Gasteiger charge is 2.31.